The van der Waals surface area contributed by atoms with Crippen LogP contribution in [0, 0.1) is 0 Å². The van der Waals surface area contributed by atoms with Crippen molar-refractivity contribution in [1.82, 2.24) is 15.5 Å². The number of imide groups is 2. The van der Waals surface area contributed by atoms with E-state index >= 15 is 0 Å². The van der Waals surface area contributed by atoms with Crippen molar-refractivity contribution < 1.29 is 24.0 Å². The van der Waals surface area contributed by atoms with Crippen molar-refractivity contribution in [3.63, 3.8) is 0 Å². The van der Waals surface area contributed by atoms with E-state index in [0.717, 1.165) is 10.5 Å². The normalized spacial score (nSPS) is 17.6. The number of amides is 5. The number of hydrogen-bond donors (Lipinski definition) is 4. The Morgan fingerprint density at radius 1 is 1.06 bits per heavy atom. The van der Waals surface area contributed by atoms with Gasteiger partial charge in [0.1, 0.15) is 6.04 Å². The van der Waals surface area contributed by atoms with Gasteiger partial charge in [0, 0.05) is 36.5 Å². The highest BCUT2D eigenvalue weighted by Crippen LogP contribution is 2.32. The average molecular weight is 467 g/mol. The zero-order chi connectivity index (χ0) is 23.5. The summed E-state index contributed by atoms with van der Waals surface area (Å²) < 4.78 is 0. The van der Waals surface area contributed by atoms with Gasteiger partial charge in [-0.15, -0.1) is 0 Å². The molecule has 1 fully saturated rings. The van der Waals surface area contributed by atoms with Gasteiger partial charge in [-0.2, -0.15) is 12.6 Å². The first-order chi connectivity index (χ1) is 15.9. The predicted molar refractivity (Wildman–Crippen MR) is 123 cm³/mol. The third kappa shape index (κ3) is 4.47. The van der Waals surface area contributed by atoms with Crippen LogP contribution in [0.25, 0.3) is 0 Å². The van der Waals surface area contributed by atoms with E-state index in [9.17, 15) is 24.0 Å². The second-order valence-electron chi connectivity index (χ2n) is 7.71. The van der Waals surface area contributed by atoms with E-state index in [1.165, 1.54) is 0 Å². The van der Waals surface area contributed by atoms with Crippen LogP contribution >= 0.6 is 12.6 Å². The fraction of sp³-hybridized carbons (Fsp3) is 0.261. The van der Waals surface area contributed by atoms with Gasteiger partial charge in [-0.25, -0.2) is 0 Å². The molecule has 0 radical (unpaired) electrons. The minimum Gasteiger partial charge on any atom is -0.380 e. The summed E-state index contributed by atoms with van der Waals surface area (Å²) in [7, 11) is 0. The largest absolute Gasteiger partial charge is 0.380 e. The van der Waals surface area contributed by atoms with E-state index in [-0.39, 0.29) is 29.9 Å². The van der Waals surface area contributed by atoms with Crippen LogP contribution in [-0.2, 0) is 16.1 Å². The van der Waals surface area contributed by atoms with E-state index in [1.807, 2.05) is 0 Å². The van der Waals surface area contributed by atoms with Crippen LogP contribution in [0.3, 0.4) is 0 Å². The maximum absolute atomic E-state index is 13.1. The Morgan fingerprint density at radius 3 is 2.52 bits per heavy atom. The predicted octanol–water partition coefficient (Wildman–Crippen LogP) is 1.36. The molecule has 2 aromatic rings. The highest BCUT2D eigenvalue weighted by Gasteiger charge is 2.45. The number of fused-ring (bicyclic) bond motifs is 1. The molecule has 1 atom stereocenters. The van der Waals surface area contributed by atoms with Gasteiger partial charge in [0.05, 0.1) is 11.1 Å². The summed E-state index contributed by atoms with van der Waals surface area (Å²) in [6.07, 6.45) is 0.171. The molecule has 1 saturated heterocycles. The van der Waals surface area contributed by atoms with Crippen LogP contribution in [0.15, 0.2) is 42.5 Å². The zero-order valence-corrected chi connectivity index (χ0v) is 18.5. The molecule has 0 aromatic heterocycles. The number of hydrogen-bond acceptors (Lipinski definition) is 7. The summed E-state index contributed by atoms with van der Waals surface area (Å²) in [4.78, 5) is 62.7. The standard InChI is InChI=1S/C23H22N4O5S/c28-18-9-8-17(21(30)26-18)27-22(31)15-2-1-3-16(19(15)23(27)32)25-12-13-4-6-14(7-5-13)20(29)24-10-11-33/h1-7,17,25,33H,8-12H2,(H,24,29)(H,26,28,30). The van der Waals surface area contributed by atoms with Gasteiger partial charge in [0.2, 0.25) is 11.8 Å². The SMILES string of the molecule is O=C1CCC(N2C(=O)c3cccc(NCc4ccc(C(=O)NCCS)cc4)c3C2=O)C(=O)N1. The molecule has 1 unspecified atom stereocenters. The lowest BCUT2D eigenvalue weighted by Crippen LogP contribution is -2.54. The molecule has 10 heteroatoms. The van der Waals surface area contributed by atoms with E-state index < -0.39 is 29.7 Å². The molecule has 0 spiro atoms. The third-order valence-corrected chi connectivity index (χ3v) is 5.79. The van der Waals surface area contributed by atoms with Gasteiger partial charge in [-0.3, -0.25) is 34.2 Å². The van der Waals surface area contributed by atoms with E-state index in [1.54, 1.807) is 42.5 Å². The van der Waals surface area contributed by atoms with Gasteiger partial charge in [0.25, 0.3) is 17.7 Å². The van der Waals surface area contributed by atoms with Crippen molar-refractivity contribution in [2.24, 2.45) is 0 Å². The van der Waals surface area contributed by atoms with Crippen LogP contribution in [0.2, 0.25) is 0 Å². The summed E-state index contributed by atoms with van der Waals surface area (Å²) in [5.41, 5.74) is 2.29. The summed E-state index contributed by atoms with van der Waals surface area (Å²) in [5.74, 6) is -1.80. The van der Waals surface area contributed by atoms with Crippen molar-refractivity contribution in [3.8, 4) is 0 Å². The quantitative estimate of drug-likeness (QED) is 0.361. The molecule has 2 heterocycles. The summed E-state index contributed by atoms with van der Waals surface area (Å²) in [5, 5.41) is 8.11. The van der Waals surface area contributed by atoms with Crippen LogP contribution < -0.4 is 16.0 Å². The average Bonchev–Trinajstić information content (AvgIpc) is 3.07. The fourth-order valence-corrected chi connectivity index (χ4v) is 4.02. The number of benzene rings is 2. The number of carbonyl (C=O) groups is 5. The van der Waals surface area contributed by atoms with Crippen LogP contribution in [0.1, 0.15) is 49.5 Å². The van der Waals surface area contributed by atoms with Crippen molar-refractivity contribution in [2.45, 2.75) is 25.4 Å². The van der Waals surface area contributed by atoms with Crippen molar-refractivity contribution in [3.05, 3.63) is 64.7 Å². The Balaban J connectivity index is 1.49. The molecule has 4 rings (SSSR count). The number of carbonyl (C=O) groups excluding carboxylic acids is 5. The molecule has 2 aromatic carbocycles. The van der Waals surface area contributed by atoms with Crippen molar-refractivity contribution in [1.29, 1.82) is 0 Å². The molecule has 3 N–H and O–H groups in total. The highest BCUT2D eigenvalue weighted by atomic mass is 32.1. The Morgan fingerprint density at radius 2 is 1.82 bits per heavy atom. The van der Waals surface area contributed by atoms with E-state index in [0.29, 0.717) is 30.1 Å². The topological polar surface area (TPSA) is 125 Å². The first-order valence-corrected chi connectivity index (χ1v) is 11.1. The molecule has 2 aliphatic heterocycles. The number of anilines is 1. The van der Waals surface area contributed by atoms with Crippen molar-refractivity contribution in [2.75, 3.05) is 17.6 Å². The molecule has 170 valence electrons. The zero-order valence-electron chi connectivity index (χ0n) is 17.6. The lowest BCUT2D eigenvalue weighted by atomic mass is 10.0. The molecule has 0 aliphatic carbocycles. The minimum absolute atomic E-state index is 0.0670. The summed E-state index contributed by atoms with van der Waals surface area (Å²) >= 11 is 4.07. The monoisotopic (exact) mass is 466 g/mol. The lowest BCUT2D eigenvalue weighted by molar-refractivity contribution is -0.136. The van der Waals surface area contributed by atoms with E-state index in [2.05, 4.69) is 28.6 Å². The van der Waals surface area contributed by atoms with Crippen LogP contribution in [-0.4, -0.2) is 52.8 Å². The smallest absolute Gasteiger partial charge is 0.264 e. The second kappa shape index (κ2) is 9.45. The second-order valence-corrected chi connectivity index (χ2v) is 8.15. The summed E-state index contributed by atoms with van der Waals surface area (Å²) in [6, 6.07) is 10.9. The number of rotatable bonds is 7. The van der Waals surface area contributed by atoms with Gasteiger partial charge in [0.15, 0.2) is 0 Å². The van der Waals surface area contributed by atoms with Crippen molar-refractivity contribution >= 4 is 47.9 Å². The van der Waals surface area contributed by atoms with Crippen LogP contribution in [0.5, 0.6) is 0 Å². The van der Waals surface area contributed by atoms with Gasteiger partial charge in [-0.1, -0.05) is 18.2 Å². The van der Waals surface area contributed by atoms with Crippen LogP contribution in [0.4, 0.5) is 5.69 Å². The third-order valence-electron chi connectivity index (χ3n) is 5.56. The highest BCUT2D eigenvalue weighted by molar-refractivity contribution is 7.80. The van der Waals surface area contributed by atoms with Gasteiger partial charge in [-0.05, 0) is 36.2 Å². The number of nitrogens with one attached hydrogen (secondary N) is 3. The Hall–Kier alpha value is -3.66. The Kier molecular flexibility index (Phi) is 6.45. The number of piperidine rings is 1. The van der Waals surface area contributed by atoms with E-state index in [4.69, 9.17) is 0 Å². The molecule has 33 heavy (non-hydrogen) atoms. The Bertz CT molecular complexity index is 1150. The molecule has 0 bridgehead atoms. The number of thiol groups is 1. The van der Waals surface area contributed by atoms with Gasteiger partial charge < -0.3 is 10.6 Å². The molecule has 0 saturated carbocycles. The first kappa shape index (κ1) is 22.5. The molecular formula is C23H22N4O5S. The maximum Gasteiger partial charge on any atom is 0.264 e. The molecular weight excluding hydrogens is 444 g/mol. The first-order valence-electron chi connectivity index (χ1n) is 10.5. The molecule has 2 aliphatic rings. The number of nitrogens with zero attached hydrogens (tertiary/aromatic N) is 1. The molecule has 5 amide bonds. The Labute approximate surface area is 195 Å². The lowest BCUT2D eigenvalue weighted by Gasteiger charge is -2.27. The van der Waals surface area contributed by atoms with Gasteiger partial charge >= 0.3 is 0 Å². The maximum atomic E-state index is 13.1. The summed E-state index contributed by atoms with van der Waals surface area (Å²) in [6.45, 7) is 0.835. The fourth-order valence-electron chi connectivity index (χ4n) is 3.91. The minimum atomic E-state index is -1.01. The molecule has 9 nitrogen and oxygen atoms in total.